The number of carboxylic acids is 1. The van der Waals surface area contributed by atoms with E-state index in [0.29, 0.717) is 18.5 Å². The van der Waals surface area contributed by atoms with Crippen molar-refractivity contribution >= 4 is 12.0 Å². The van der Waals surface area contributed by atoms with Crippen LogP contribution >= 0.6 is 0 Å². The Balaban J connectivity index is 1.82. The summed E-state index contributed by atoms with van der Waals surface area (Å²) in [7, 11) is 0. The van der Waals surface area contributed by atoms with Gasteiger partial charge in [-0.3, -0.25) is 4.79 Å². The standard InChI is InChI=1S/C16H22N2O3/c1-2-16(7-8-16)11-18-15(21)17-10-13-6-4-3-5-12(13)9-14(19)20/h3-6H,2,7-11H2,1H3,(H,19,20)(H2,17,18,21). The number of carbonyl (C=O) groups excluding carboxylic acids is 1. The van der Waals surface area contributed by atoms with Gasteiger partial charge in [-0.05, 0) is 35.8 Å². The lowest BCUT2D eigenvalue weighted by Gasteiger charge is -2.14. The minimum atomic E-state index is -0.870. The number of aliphatic carboxylic acids is 1. The van der Waals surface area contributed by atoms with Crippen LogP contribution in [0.3, 0.4) is 0 Å². The van der Waals surface area contributed by atoms with Crippen molar-refractivity contribution in [2.24, 2.45) is 5.41 Å². The third-order valence-corrected chi connectivity index (χ3v) is 4.23. The molecule has 114 valence electrons. The molecule has 2 amide bonds. The maximum atomic E-state index is 11.8. The van der Waals surface area contributed by atoms with Crippen LogP contribution in [0.1, 0.15) is 37.3 Å². The summed E-state index contributed by atoms with van der Waals surface area (Å²) in [5, 5.41) is 14.6. The fourth-order valence-corrected chi connectivity index (χ4v) is 2.40. The molecule has 3 N–H and O–H groups in total. The molecule has 0 aromatic heterocycles. The first-order valence-corrected chi connectivity index (χ1v) is 7.35. The number of rotatable bonds is 7. The van der Waals surface area contributed by atoms with E-state index in [1.807, 2.05) is 12.1 Å². The smallest absolute Gasteiger partial charge is 0.315 e. The van der Waals surface area contributed by atoms with E-state index in [9.17, 15) is 9.59 Å². The van der Waals surface area contributed by atoms with E-state index in [-0.39, 0.29) is 12.5 Å². The summed E-state index contributed by atoms with van der Waals surface area (Å²) < 4.78 is 0. The van der Waals surface area contributed by atoms with E-state index in [2.05, 4.69) is 17.6 Å². The lowest BCUT2D eigenvalue weighted by atomic mass is 10.0. The Kier molecular flexibility index (Phi) is 4.83. The number of hydrogen-bond acceptors (Lipinski definition) is 2. The highest BCUT2D eigenvalue weighted by atomic mass is 16.4. The number of hydrogen-bond donors (Lipinski definition) is 3. The van der Waals surface area contributed by atoms with Crippen LogP contribution in [0.2, 0.25) is 0 Å². The molecule has 0 saturated heterocycles. The van der Waals surface area contributed by atoms with Crippen molar-refractivity contribution in [2.75, 3.05) is 6.54 Å². The second kappa shape index (κ2) is 6.61. The number of nitrogens with one attached hydrogen (secondary N) is 2. The predicted octanol–water partition coefficient (Wildman–Crippen LogP) is 2.30. The molecule has 0 atom stereocenters. The monoisotopic (exact) mass is 290 g/mol. The van der Waals surface area contributed by atoms with Crippen LogP contribution in [-0.4, -0.2) is 23.7 Å². The Bertz CT molecular complexity index is 524. The van der Waals surface area contributed by atoms with Crippen molar-refractivity contribution in [1.82, 2.24) is 10.6 Å². The minimum absolute atomic E-state index is 0.0293. The van der Waals surface area contributed by atoms with E-state index in [1.165, 1.54) is 12.8 Å². The van der Waals surface area contributed by atoms with Gasteiger partial charge < -0.3 is 15.7 Å². The quantitative estimate of drug-likeness (QED) is 0.721. The molecular formula is C16H22N2O3. The fraction of sp³-hybridized carbons (Fsp3) is 0.500. The molecule has 5 nitrogen and oxygen atoms in total. The van der Waals surface area contributed by atoms with Gasteiger partial charge >= 0.3 is 12.0 Å². The fourth-order valence-electron chi connectivity index (χ4n) is 2.40. The SMILES string of the molecule is CCC1(CNC(=O)NCc2ccccc2CC(=O)O)CC1. The van der Waals surface area contributed by atoms with Crippen molar-refractivity contribution < 1.29 is 14.7 Å². The van der Waals surface area contributed by atoms with Gasteiger partial charge in [0, 0.05) is 13.1 Å². The van der Waals surface area contributed by atoms with E-state index < -0.39 is 5.97 Å². The van der Waals surface area contributed by atoms with E-state index in [4.69, 9.17) is 5.11 Å². The van der Waals surface area contributed by atoms with Gasteiger partial charge in [-0.15, -0.1) is 0 Å². The molecule has 0 unspecified atom stereocenters. The van der Waals surface area contributed by atoms with Gasteiger partial charge in [0.05, 0.1) is 6.42 Å². The number of carbonyl (C=O) groups is 2. The number of benzene rings is 1. The van der Waals surface area contributed by atoms with Crippen molar-refractivity contribution in [3.63, 3.8) is 0 Å². The van der Waals surface area contributed by atoms with Crippen LogP contribution in [0.4, 0.5) is 4.79 Å². The normalized spacial score (nSPS) is 15.3. The van der Waals surface area contributed by atoms with Gasteiger partial charge in [0.2, 0.25) is 0 Å². The molecule has 21 heavy (non-hydrogen) atoms. The van der Waals surface area contributed by atoms with Gasteiger partial charge in [0.1, 0.15) is 0 Å². The molecule has 1 aliphatic rings. The maximum absolute atomic E-state index is 11.8. The van der Waals surface area contributed by atoms with Gasteiger partial charge in [-0.1, -0.05) is 31.2 Å². The summed E-state index contributed by atoms with van der Waals surface area (Å²) in [4.78, 5) is 22.6. The van der Waals surface area contributed by atoms with Crippen LogP contribution in [0.25, 0.3) is 0 Å². The second-order valence-electron chi connectivity index (χ2n) is 5.73. The molecule has 0 spiro atoms. The number of amides is 2. The largest absolute Gasteiger partial charge is 0.481 e. The van der Waals surface area contributed by atoms with E-state index in [1.54, 1.807) is 12.1 Å². The van der Waals surface area contributed by atoms with Crippen LogP contribution in [0.5, 0.6) is 0 Å². The molecule has 5 heteroatoms. The lowest BCUT2D eigenvalue weighted by Crippen LogP contribution is -2.38. The Labute approximate surface area is 124 Å². The van der Waals surface area contributed by atoms with Crippen molar-refractivity contribution in [3.05, 3.63) is 35.4 Å². The molecule has 0 aliphatic heterocycles. The zero-order valence-electron chi connectivity index (χ0n) is 12.3. The molecule has 0 bridgehead atoms. The summed E-state index contributed by atoms with van der Waals surface area (Å²) in [5.41, 5.74) is 1.89. The summed E-state index contributed by atoms with van der Waals surface area (Å²) in [6, 6.07) is 7.07. The first kappa shape index (κ1) is 15.4. The molecular weight excluding hydrogens is 268 g/mol. The first-order chi connectivity index (χ1) is 10.0. The highest BCUT2D eigenvalue weighted by molar-refractivity contribution is 5.74. The topological polar surface area (TPSA) is 78.4 Å². The zero-order chi connectivity index (χ0) is 15.3. The summed E-state index contributed by atoms with van der Waals surface area (Å²) in [5.74, 6) is -0.870. The lowest BCUT2D eigenvalue weighted by molar-refractivity contribution is -0.136. The molecule has 2 rings (SSSR count). The summed E-state index contributed by atoms with van der Waals surface area (Å²) in [6.07, 6.45) is 3.43. The first-order valence-electron chi connectivity index (χ1n) is 7.35. The predicted molar refractivity (Wildman–Crippen MR) is 80.0 cm³/mol. The molecule has 1 aromatic carbocycles. The Morgan fingerprint density at radius 3 is 2.43 bits per heavy atom. The van der Waals surface area contributed by atoms with Crippen molar-refractivity contribution in [3.8, 4) is 0 Å². The third kappa shape index (κ3) is 4.48. The van der Waals surface area contributed by atoms with E-state index in [0.717, 1.165) is 17.5 Å². The average molecular weight is 290 g/mol. The maximum Gasteiger partial charge on any atom is 0.315 e. The molecule has 1 aliphatic carbocycles. The Morgan fingerprint density at radius 1 is 1.19 bits per heavy atom. The molecule has 1 fully saturated rings. The van der Waals surface area contributed by atoms with E-state index >= 15 is 0 Å². The molecule has 1 saturated carbocycles. The highest BCUT2D eigenvalue weighted by Crippen LogP contribution is 2.47. The Hall–Kier alpha value is -2.04. The van der Waals surface area contributed by atoms with Gasteiger partial charge in [-0.2, -0.15) is 0 Å². The number of carboxylic acid groups (broad SMARTS) is 1. The van der Waals surface area contributed by atoms with Crippen LogP contribution in [0, 0.1) is 5.41 Å². The van der Waals surface area contributed by atoms with Crippen LogP contribution in [-0.2, 0) is 17.8 Å². The minimum Gasteiger partial charge on any atom is -0.481 e. The average Bonchev–Trinajstić information content (AvgIpc) is 3.24. The van der Waals surface area contributed by atoms with Crippen molar-refractivity contribution in [1.29, 1.82) is 0 Å². The highest BCUT2D eigenvalue weighted by Gasteiger charge is 2.40. The number of urea groups is 1. The summed E-state index contributed by atoms with van der Waals surface area (Å²) in [6.45, 7) is 3.20. The van der Waals surface area contributed by atoms with Crippen LogP contribution in [0.15, 0.2) is 24.3 Å². The molecule has 1 aromatic rings. The third-order valence-electron chi connectivity index (χ3n) is 4.23. The van der Waals surface area contributed by atoms with Gasteiger partial charge in [0.15, 0.2) is 0 Å². The van der Waals surface area contributed by atoms with Gasteiger partial charge in [0.25, 0.3) is 0 Å². The second-order valence-corrected chi connectivity index (χ2v) is 5.73. The molecule has 0 heterocycles. The molecule has 0 radical (unpaired) electrons. The summed E-state index contributed by atoms with van der Waals surface area (Å²) >= 11 is 0. The van der Waals surface area contributed by atoms with Crippen LogP contribution < -0.4 is 10.6 Å². The zero-order valence-corrected chi connectivity index (χ0v) is 12.3. The Morgan fingerprint density at radius 2 is 1.86 bits per heavy atom. The van der Waals surface area contributed by atoms with Gasteiger partial charge in [-0.25, -0.2) is 4.79 Å². The van der Waals surface area contributed by atoms with Crippen molar-refractivity contribution in [2.45, 2.75) is 39.2 Å².